The maximum atomic E-state index is 5.73. The molecule has 0 aromatic heterocycles. The highest BCUT2D eigenvalue weighted by Crippen LogP contribution is 2.25. The first-order valence-electron chi connectivity index (χ1n) is 7.23. The zero-order chi connectivity index (χ0) is 14.3. The number of rotatable bonds is 8. The Bertz CT molecular complexity index is 368. The van der Waals surface area contributed by atoms with Gasteiger partial charge in [0.1, 0.15) is 5.75 Å². The fourth-order valence-corrected chi connectivity index (χ4v) is 2.18. The lowest BCUT2D eigenvalue weighted by Gasteiger charge is -2.29. The van der Waals surface area contributed by atoms with Gasteiger partial charge in [0.05, 0.1) is 6.61 Å². The summed E-state index contributed by atoms with van der Waals surface area (Å²) in [5, 5.41) is 3.41. The van der Waals surface area contributed by atoms with Crippen molar-refractivity contribution in [2.75, 3.05) is 27.2 Å². The van der Waals surface area contributed by atoms with Crippen LogP contribution in [0.4, 0.5) is 0 Å². The summed E-state index contributed by atoms with van der Waals surface area (Å²) in [6, 6.07) is 9.19. The molecule has 2 atom stereocenters. The van der Waals surface area contributed by atoms with Gasteiger partial charge in [0.25, 0.3) is 0 Å². The minimum atomic E-state index is 0.293. The molecular formula is C16H28N2O. The van der Waals surface area contributed by atoms with Crippen molar-refractivity contribution in [1.29, 1.82) is 0 Å². The van der Waals surface area contributed by atoms with E-state index in [1.807, 2.05) is 26.1 Å². The predicted molar refractivity (Wildman–Crippen MR) is 81.8 cm³/mol. The first-order chi connectivity index (χ1) is 9.13. The predicted octanol–water partition coefficient (Wildman–Crippen LogP) is 3.08. The molecule has 108 valence electrons. The van der Waals surface area contributed by atoms with Crippen molar-refractivity contribution in [2.45, 2.75) is 39.3 Å². The molecule has 19 heavy (non-hydrogen) atoms. The second kappa shape index (κ2) is 8.18. The molecule has 0 aliphatic rings. The quantitative estimate of drug-likeness (QED) is 0.781. The molecule has 0 saturated carbocycles. The monoisotopic (exact) mass is 264 g/mol. The molecule has 2 unspecified atom stereocenters. The SMILES string of the molecule is CCOc1ccccc1C(CN(C)C(C)CC)NC. The lowest BCUT2D eigenvalue weighted by molar-refractivity contribution is 0.225. The van der Waals surface area contributed by atoms with Crippen LogP contribution in [-0.4, -0.2) is 38.2 Å². The molecule has 0 aliphatic heterocycles. The van der Waals surface area contributed by atoms with E-state index in [0.29, 0.717) is 18.7 Å². The molecule has 0 aliphatic carbocycles. The molecule has 3 heteroatoms. The molecule has 0 saturated heterocycles. The molecule has 0 spiro atoms. The zero-order valence-corrected chi connectivity index (χ0v) is 12.9. The molecule has 1 aromatic carbocycles. The van der Waals surface area contributed by atoms with Gasteiger partial charge in [0.15, 0.2) is 0 Å². The summed E-state index contributed by atoms with van der Waals surface area (Å²) >= 11 is 0. The summed E-state index contributed by atoms with van der Waals surface area (Å²) in [4.78, 5) is 2.39. The highest BCUT2D eigenvalue weighted by Gasteiger charge is 2.18. The van der Waals surface area contributed by atoms with Crippen LogP contribution in [-0.2, 0) is 0 Å². The van der Waals surface area contributed by atoms with Crippen LogP contribution in [0.2, 0.25) is 0 Å². The molecule has 1 aromatic rings. The van der Waals surface area contributed by atoms with Gasteiger partial charge in [-0.05, 0) is 40.4 Å². The van der Waals surface area contributed by atoms with Crippen molar-refractivity contribution in [2.24, 2.45) is 0 Å². The summed E-state index contributed by atoms with van der Waals surface area (Å²) in [6.07, 6.45) is 1.17. The number of likely N-dealkylation sites (N-methyl/N-ethyl adjacent to an activating group) is 2. The second-order valence-corrected chi connectivity index (χ2v) is 5.01. The fourth-order valence-electron chi connectivity index (χ4n) is 2.18. The number of nitrogens with one attached hydrogen (secondary N) is 1. The summed E-state index contributed by atoms with van der Waals surface area (Å²) in [7, 11) is 4.19. The Labute approximate surface area is 118 Å². The van der Waals surface area contributed by atoms with E-state index in [2.05, 4.69) is 43.2 Å². The third kappa shape index (κ3) is 4.51. The van der Waals surface area contributed by atoms with Crippen LogP contribution < -0.4 is 10.1 Å². The van der Waals surface area contributed by atoms with E-state index < -0.39 is 0 Å². The molecule has 1 N–H and O–H groups in total. The van der Waals surface area contributed by atoms with Crippen LogP contribution in [0.3, 0.4) is 0 Å². The Morgan fingerprint density at radius 2 is 1.95 bits per heavy atom. The van der Waals surface area contributed by atoms with E-state index in [0.717, 1.165) is 12.3 Å². The van der Waals surface area contributed by atoms with Gasteiger partial charge in [-0.2, -0.15) is 0 Å². The average molecular weight is 264 g/mol. The van der Waals surface area contributed by atoms with Crippen LogP contribution >= 0.6 is 0 Å². The third-order valence-electron chi connectivity index (χ3n) is 3.76. The van der Waals surface area contributed by atoms with Crippen molar-refractivity contribution in [1.82, 2.24) is 10.2 Å². The lowest BCUT2D eigenvalue weighted by Crippen LogP contribution is -2.36. The first-order valence-corrected chi connectivity index (χ1v) is 7.23. The number of ether oxygens (including phenoxy) is 1. The van der Waals surface area contributed by atoms with E-state index in [4.69, 9.17) is 4.74 Å². The van der Waals surface area contributed by atoms with Crippen molar-refractivity contribution in [3.05, 3.63) is 29.8 Å². The Hall–Kier alpha value is -1.06. The standard InChI is InChI=1S/C16H28N2O/c1-6-13(3)18(5)12-15(17-4)14-10-8-9-11-16(14)19-7-2/h8-11,13,15,17H,6-7,12H2,1-5H3. The molecule has 0 radical (unpaired) electrons. The normalized spacial score (nSPS) is 14.4. The van der Waals surface area contributed by atoms with Crippen LogP contribution in [0.25, 0.3) is 0 Å². The second-order valence-electron chi connectivity index (χ2n) is 5.01. The highest BCUT2D eigenvalue weighted by atomic mass is 16.5. The molecule has 0 heterocycles. The van der Waals surface area contributed by atoms with Crippen LogP contribution in [0.5, 0.6) is 5.75 Å². The molecular weight excluding hydrogens is 236 g/mol. The highest BCUT2D eigenvalue weighted by molar-refractivity contribution is 5.36. The first kappa shape index (κ1) is 16.0. The van der Waals surface area contributed by atoms with E-state index in [1.165, 1.54) is 12.0 Å². The maximum absolute atomic E-state index is 5.73. The number of benzene rings is 1. The molecule has 0 amide bonds. The van der Waals surface area contributed by atoms with E-state index >= 15 is 0 Å². The molecule has 3 nitrogen and oxygen atoms in total. The van der Waals surface area contributed by atoms with Crippen molar-refractivity contribution in [3.63, 3.8) is 0 Å². The number of nitrogens with zero attached hydrogens (tertiary/aromatic N) is 1. The van der Waals surface area contributed by atoms with E-state index in [-0.39, 0.29) is 0 Å². The van der Waals surface area contributed by atoms with Gasteiger partial charge in [0, 0.05) is 24.2 Å². The van der Waals surface area contributed by atoms with Gasteiger partial charge in [-0.1, -0.05) is 25.1 Å². The van der Waals surface area contributed by atoms with E-state index in [1.54, 1.807) is 0 Å². The average Bonchev–Trinajstić information content (AvgIpc) is 2.44. The smallest absolute Gasteiger partial charge is 0.124 e. The van der Waals surface area contributed by atoms with Crippen LogP contribution in [0.1, 0.15) is 38.8 Å². The van der Waals surface area contributed by atoms with Gasteiger partial charge >= 0.3 is 0 Å². The van der Waals surface area contributed by atoms with Crippen LogP contribution in [0.15, 0.2) is 24.3 Å². The Morgan fingerprint density at radius 3 is 2.53 bits per heavy atom. The minimum Gasteiger partial charge on any atom is -0.494 e. The Morgan fingerprint density at radius 1 is 1.26 bits per heavy atom. The van der Waals surface area contributed by atoms with Gasteiger partial charge in [-0.15, -0.1) is 0 Å². The number of hydrogen-bond donors (Lipinski definition) is 1. The van der Waals surface area contributed by atoms with Crippen molar-refractivity contribution >= 4 is 0 Å². The lowest BCUT2D eigenvalue weighted by atomic mass is 10.0. The van der Waals surface area contributed by atoms with Gasteiger partial charge < -0.3 is 15.0 Å². The molecule has 1 rings (SSSR count). The van der Waals surface area contributed by atoms with Gasteiger partial charge in [0.2, 0.25) is 0 Å². The zero-order valence-electron chi connectivity index (χ0n) is 12.9. The van der Waals surface area contributed by atoms with Gasteiger partial charge in [-0.25, -0.2) is 0 Å². The summed E-state index contributed by atoms with van der Waals surface area (Å²) < 4.78 is 5.73. The van der Waals surface area contributed by atoms with Crippen LogP contribution in [0, 0.1) is 0 Å². The fraction of sp³-hybridized carbons (Fsp3) is 0.625. The molecule has 0 fully saturated rings. The summed E-state index contributed by atoms with van der Waals surface area (Å²) in [6.45, 7) is 8.20. The minimum absolute atomic E-state index is 0.293. The largest absolute Gasteiger partial charge is 0.494 e. The topological polar surface area (TPSA) is 24.5 Å². The third-order valence-corrected chi connectivity index (χ3v) is 3.76. The van der Waals surface area contributed by atoms with Crippen molar-refractivity contribution in [3.8, 4) is 5.75 Å². The number of hydrogen-bond acceptors (Lipinski definition) is 3. The Kier molecular flexibility index (Phi) is 6.89. The summed E-state index contributed by atoms with van der Waals surface area (Å²) in [5.74, 6) is 0.988. The van der Waals surface area contributed by atoms with Crippen molar-refractivity contribution < 1.29 is 4.74 Å². The van der Waals surface area contributed by atoms with E-state index in [9.17, 15) is 0 Å². The Balaban J connectivity index is 2.84. The van der Waals surface area contributed by atoms with Gasteiger partial charge in [-0.3, -0.25) is 0 Å². The number of para-hydroxylation sites is 1. The summed E-state index contributed by atoms with van der Waals surface area (Å²) in [5.41, 5.74) is 1.24. The molecule has 0 bridgehead atoms. The maximum Gasteiger partial charge on any atom is 0.124 e.